The van der Waals surface area contributed by atoms with Gasteiger partial charge in [0.2, 0.25) is 5.91 Å². The minimum atomic E-state index is -0.256. The highest BCUT2D eigenvalue weighted by Crippen LogP contribution is 2.21. The van der Waals surface area contributed by atoms with Gasteiger partial charge in [-0.2, -0.15) is 0 Å². The molecule has 0 aromatic heterocycles. The zero-order chi connectivity index (χ0) is 13.6. The second-order valence-electron chi connectivity index (χ2n) is 5.83. The van der Waals surface area contributed by atoms with E-state index in [1.807, 2.05) is 36.5 Å². The van der Waals surface area contributed by atoms with E-state index in [2.05, 4.69) is 26.1 Å². The number of hydrogen-bond donors (Lipinski definition) is 2. The molecule has 2 N–H and O–H groups in total. The third kappa shape index (κ3) is 5.32. The first-order valence-corrected chi connectivity index (χ1v) is 6.35. The molecule has 0 fully saturated rings. The van der Waals surface area contributed by atoms with Gasteiger partial charge in [-0.1, -0.05) is 57.2 Å². The van der Waals surface area contributed by atoms with Crippen LogP contribution in [0, 0.1) is 11.3 Å². The second kappa shape index (κ2) is 6.55. The maximum atomic E-state index is 12.1. The average molecular weight is 249 g/mol. The summed E-state index contributed by atoms with van der Waals surface area (Å²) in [5.74, 6) is -0.316. The standard InChI is InChI=1S/C15H23NO2/c1-15(2,3)10-13(11-17)16-14(18)12-8-6-4-5-7-9-12/h4-9,12-13,17H,10-11H2,1-3H3,(H,16,18). The van der Waals surface area contributed by atoms with Gasteiger partial charge in [0.25, 0.3) is 0 Å². The molecule has 3 heteroatoms. The molecule has 0 bridgehead atoms. The summed E-state index contributed by atoms with van der Waals surface area (Å²) in [5.41, 5.74) is 0.0807. The summed E-state index contributed by atoms with van der Waals surface area (Å²) in [5, 5.41) is 12.2. The summed E-state index contributed by atoms with van der Waals surface area (Å²) in [7, 11) is 0. The quantitative estimate of drug-likeness (QED) is 0.802. The lowest BCUT2D eigenvalue weighted by Crippen LogP contribution is -2.42. The number of rotatable bonds is 4. The van der Waals surface area contributed by atoms with Gasteiger partial charge in [-0.3, -0.25) is 4.79 Å². The molecule has 0 heterocycles. The van der Waals surface area contributed by atoms with Crippen molar-refractivity contribution in [2.24, 2.45) is 11.3 Å². The van der Waals surface area contributed by atoms with Crippen molar-refractivity contribution in [2.45, 2.75) is 33.2 Å². The normalized spacial score (nSPS) is 17.6. The maximum Gasteiger partial charge on any atom is 0.231 e. The first-order chi connectivity index (χ1) is 8.42. The summed E-state index contributed by atoms with van der Waals surface area (Å²) in [4.78, 5) is 12.1. The van der Waals surface area contributed by atoms with E-state index in [9.17, 15) is 9.90 Å². The summed E-state index contributed by atoms with van der Waals surface area (Å²) in [6, 6.07) is -0.185. The van der Waals surface area contributed by atoms with E-state index < -0.39 is 0 Å². The van der Waals surface area contributed by atoms with Gasteiger partial charge in [-0.15, -0.1) is 0 Å². The fourth-order valence-electron chi connectivity index (χ4n) is 1.93. The van der Waals surface area contributed by atoms with Gasteiger partial charge in [0, 0.05) is 0 Å². The Morgan fingerprint density at radius 3 is 2.22 bits per heavy atom. The number of amides is 1. The lowest BCUT2D eigenvalue weighted by molar-refractivity contribution is -0.123. The Morgan fingerprint density at radius 1 is 1.22 bits per heavy atom. The molecule has 0 aromatic carbocycles. The molecule has 1 rings (SSSR count). The van der Waals surface area contributed by atoms with Gasteiger partial charge >= 0.3 is 0 Å². The van der Waals surface area contributed by atoms with Crippen LogP contribution in [0.25, 0.3) is 0 Å². The van der Waals surface area contributed by atoms with Gasteiger partial charge in [0.05, 0.1) is 18.6 Å². The van der Waals surface area contributed by atoms with E-state index in [0.29, 0.717) is 0 Å². The number of carbonyl (C=O) groups is 1. The van der Waals surface area contributed by atoms with Crippen LogP contribution in [0.2, 0.25) is 0 Å². The van der Waals surface area contributed by atoms with E-state index in [1.165, 1.54) is 0 Å². The highest BCUT2D eigenvalue weighted by molar-refractivity contribution is 5.82. The molecule has 0 saturated heterocycles. The molecule has 18 heavy (non-hydrogen) atoms. The molecule has 3 nitrogen and oxygen atoms in total. The van der Waals surface area contributed by atoms with Crippen LogP contribution in [0.4, 0.5) is 0 Å². The molecule has 1 amide bonds. The largest absolute Gasteiger partial charge is 0.394 e. The third-order valence-electron chi connectivity index (χ3n) is 2.70. The Hall–Kier alpha value is -1.35. The summed E-state index contributed by atoms with van der Waals surface area (Å²) < 4.78 is 0. The Kier molecular flexibility index (Phi) is 5.35. The van der Waals surface area contributed by atoms with Crippen molar-refractivity contribution in [3.05, 3.63) is 36.5 Å². The molecule has 0 aliphatic heterocycles. The van der Waals surface area contributed by atoms with Crippen LogP contribution in [0.3, 0.4) is 0 Å². The Bertz CT molecular complexity index is 345. The zero-order valence-corrected chi connectivity index (χ0v) is 11.4. The zero-order valence-electron chi connectivity index (χ0n) is 11.4. The van der Waals surface area contributed by atoms with Crippen molar-refractivity contribution in [1.82, 2.24) is 5.32 Å². The van der Waals surface area contributed by atoms with Crippen molar-refractivity contribution in [2.75, 3.05) is 6.61 Å². The fraction of sp³-hybridized carbons (Fsp3) is 0.533. The van der Waals surface area contributed by atoms with Crippen LogP contribution in [-0.4, -0.2) is 23.7 Å². The SMILES string of the molecule is CC(C)(C)CC(CO)NC(=O)C1C=CC=CC=C1. The maximum absolute atomic E-state index is 12.1. The van der Waals surface area contributed by atoms with Crippen LogP contribution >= 0.6 is 0 Å². The van der Waals surface area contributed by atoms with E-state index in [0.717, 1.165) is 6.42 Å². The van der Waals surface area contributed by atoms with Gasteiger partial charge in [0.1, 0.15) is 0 Å². The number of allylic oxidation sites excluding steroid dienone is 4. The molecule has 0 saturated carbocycles. The van der Waals surface area contributed by atoms with Crippen LogP contribution in [0.15, 0.2) is 36.5 Å². The number of hydrogen-bond acceptors (Lipinski definition) is 2. The number of carbonyl (C=O) groups excluding carboxylic acids is 1. The van der Waals surface area contributed by atoms with E-state index in [-0.39, 0.29) is 29.9 Å². The molecule has 1 aliphatic carbocycles. The highest BCUT2D eigenvalue weighted by atomic mass is 16.3. The monoisotopic (exact) mass is 249 g/mol. The van der Waals surface area contributed by atoms with Gasteiger partial charge in [-0.05, 0) is 11.8 Å². The molecular weight excluding hydrogens is 226 g/mol. The number of aliphatic hydroxyl groups is 1. The topological polar surface area (TPSA) is 49.3 Å². The third-order valence-corrected chi connectivity index (χ3v) is 2.70. The average Bonchev–Trinajstić information content (AvgIpc) is 2.54. The second-order valence-corrected chi connectivity index (χ2v) is 5.83. The van der Waals surface area contributed by atoms with Crippen LogP contribution < -0.4 is 5.32 Å². The summed E-state index contributed by atoms with van der Waals surface area (Å²) in [6.45, 7) is 6.26. The first kappa shape index (κ1) is 14.7. The Balaban J connectivity index is 2.57. The fourth-order valence-corrected chi connectivity index (χ4v) is 1.93. The lowest BCUT2D eigenvalue weighted by Gasteiger charge is -2.26. The van der Waals surface area contributed by atoms with Crippen molar-refractivity contribution in [3.63, 3.8) is 0 Å². The molecule has 100 valence electrons. The first-order valence-electron chi connectivity index (χ1n) is 6.35. The van der Waals surface area contributed by atoms with Crippen LogP contribution in [0.5, 0.6) is 0 Å². The molecule has 1 atom stereocenters. The lowest BCUT2D eigenvalue weighted by atomic mass is 9.88. The predicted octanol–water partition coefficient (Wildman–Crippen LogP) is 2.20. The van der Waals surface area contributed by atoms with Crippen LogP contribution in [0.1, 0.15) is 27.2 Å². The minimum absolute atomic E-state index is 0.0264. The molecule has 1 aliphatic rings. The number of nitrogens with one attached hydrogen (secondary N) is 1. The molecule has 0 aromatic rings. The summed E-state index contributed by atoms with van der Waals surface area (Å²) >= 11 is 0. The Labute approximate surface area is 109 Å². The molecular formula is C15H23NO2. The smallest absolute Gasteiger partial charge is 0.231 e. The van der Waals surface area contributed by atoms with Crippen molar-refractivity contribution in [3.8, 4) is 0 Å². The molecule has 0 spiro atoms. The van der Waals surface area contributed by atoms with Crippen molar-refractivity contribution >= 4 is 5.91 Å². The van der Waals surface area contributed by atoms with Crippen molar-refractivity contribution < 1.29 is 9.90 Å². The Morgan fingerprint density at radius 2 is 1.78 bits per heavy atom. The molecule has 0 radical (unpaired) electrons. The van der Waals surface area contributed by atoms with Gasteiger partial charge in [0.15, 0.2) is 0 Å². The van der Waals surface area contributed by atoms with Crippen LogP contribution in [-0.2, 0) is 4.79 Å². The van der Waals surface area contributed by atoms with Gasteiger partial charge < -0.3 is 10.4 Å². The predicted molar refractivity (Wildman–Crippen MR) is 74.0 cm³/mol. The van der Waals surface area contributed by atoms with Gasteiger partial charge in [-0.25, -0.2) is 0 Å². The minimum Gasteiger partial charge on any atom is -0.394 e. The van der Waals surface area contributed by atoms with E-state index in [4.69, 9.17) is 0 Å². The van der Waals surface area contributed by atoms with E-state index >= 15 is 0 Å². The number of aliphatic hydroxyl groups excluding tert-OH is 1. The highest BCUT2D eigenvalue weighted by Gasteiger charge is 2.22. The summed E-state index contributed by atoms with van der Waals surface area (Å²) in [6.07, 6.45) is 12.0. The van der Waals surface area contributed by atoms with E-state index in [1.54, 1.807) is 0 Å². The van der Waals surface area contributed by atoms with Crippen molar-refractivity contribution in [1.29, 1.82) is 0 Å². The molecule has 1 unspecified atom stereocenters.